The molecule has 1 heterocycles. The molecule has 0 unspecified atom stereocenters. The molecule has 24 heavy (non-hydrogen) atoms. The number of para-hydroxylation sites is 1. The average Bonchev–Trinajstić information content (AvgIpc) is 2.90. The van der Waals surface area contributed by atoms with Gasteiger partial charge >= 0.3 is 0 Å². The quantitative estimate of drug-likeness (QED) is 0.695. The first kappa shape index (κ1) is 14.6. The van der Waals surface area contributed by atoms with E-state index < -0.39 is 17.2 Å². The molecule has 3 aromatic carbocycles. The summed E-state index contributed by atoms with van der Waals surface area (Å²) in [6.45, 7) is 0. The molecule has 3 aromatic rings. The number of rotatable bonds is 2. The van der Waals surface area contributed by atoms with Crippen LogP contribution in [-0.2, 0) is 5.60 Å². The van der Waals surface area contributed by atoms with E-state index in [0.717, 1.165) is 0 Å². The highest BCUT2D eigenvalue weighted by molar-refractivity contribution is 6.10. The third-order valence-electron chi connectivity index (χ3n) is 4.22. The van der Waals surface area contributed by atoms with Gasteiger partial charge in [0.15, 0.2) is 0 Å². The summed E-state index contributed by atoms with van der Waals surface area (Å²) in [6.07, 6.45) is 0. The SMILES string of the molecule is O=C1c2ccccc2OC1(c1ccc(F)cc1)c1ccc(F)cc1. The van der Waals surface area contributed by atoms with Crippen molar-refractivity contribution in [3.8, 4) is 5.75 Å². The number of fused-ring (bicyclic) bond motifs is 1. The van der Waals surface area contributed by atoms with Gasteiger partial charge in [-0.3, -0.25) is 4.79 Å². The number of ether oxygens (including phenoxy) is 1. The van der Waals surface area contributed by atoms with Crippen molar-refractivity contribution in [2.75, 3.05) is 0 Å². The fourth-order valence-corrected chi connectivity index (χ4v) is 3.06. The number of carbonyl (C=O) groups is 1. The van der Waals surface area contributed by atoms with Gasteiger partial charge in [-0.05, 0) is 36.4 Å². The zero-order valence-electron chi connectivity index (χ0n) is 12.5. The van der Waals surface area contributed by atoms with Crippen LogP contribution in [0.5, 0.6) is 5.75 Å². The molecule has 0 aromatic heterocycles. The zero-order chi connectivity index (χ0) is 16.7. The monoisotopic (exact) mass is 322 g/mol. The minimum absolute atomic E-state index is 0.253. The minimum Gasteiger partial charge on any atom is -0.469 e. The van der Waals surface area contributed by atoms with Crippen molar-refractivity contribution >= 4 is 5.78 Å². The smallest absolute Gasteiger partial charge is 0.221 e. The van der Waals surface area contributed by atoms with Crippen molar-refractivity contribution in [3.63, 3.8) is 0 Å². The number of carbonyl (C=O) groups excluding carboxylic acids is 1. The van der Waals surface area contributed by atoms with Gasteiger partial charge in [-0.1, -0.05) is 36.4 Å². The third kappa shape index (κ3) is 2.03. The molecule has 0 aliphatic carbocycles. The van der Waals surface area contributed by atoms with Gasteiger partial charge in [0.1, 0.15) is 17.4 Å². The van der Waals surface area contributed by atoms with E-state index in [0.29, 0.717) is 22.4 Å². The highest BCUT2D eigenvalue weighted by Gasteiger charge is 2.50. The summed E-state index contributed by atoms with van der Waals surface area (Å²) in [7, 11) is 0. The molecule has 2 nitrogen and oxygen atoms in total. The molecule has 0 saturated heterocycles. The lowest BCUT2D eigenvalue weighted by Gasteiger charge is -2.28. The molecule has 4 heteroatoms. The number of Topliss-reactive ketones (excluding diaryl/α,β-unsaturated/α-hetero) is 1. The van der Waals surface area contributed by atoms with Crippen LogP contribution in [0.3, 0.4) is 0 Å². The minimum atomic E-state index is -1.44. The van der Waals surface area contributed by atoms with E-state index >= 15 is 0 Å². The lowest BCUT2D eigenvalue weighted by molar-refractivity contribution is 0.0685. The highest BCUT2D eigenvalue weighted by atomic mass is 19.1. The Morgan fingerprint density at radius 1 is 0.708 bits per heavy atom. The van der Waals surface area contributed by atoms with Crippen LogP contribution in [0.4, 0.5) is 8.78 Å². The predicted octanol–water partition coefficient (Wildman–Crippen LogP) is 4.48. The Bertz CT molecular complexity index is 870. The van der Waals surface area contributed by atoms with Crippen LogP contribution in [0.15, 0.2) is 72.8 Å². The molecular formula is C20H12F2O2. The van der Waals surface area contributed by atoms with Crippen LogP contribution in [0.1, 0.15) is 21.5 Å². The maximum absolute atomic E-state index is 13.3. The zero-order valence-corrected chi connectivity index (χ0v) is 12.5. The van der Waals surface area contributed by atoms with Crippen molar-refractivity contribution in [2.45, 2.75) is 5.60 Å². The number of hydrogen-bond acceptors (Lipinski definition) is 2. The van der Waals surface area contributed by atoms with Crippen molar-refractivity contribution in [2.24, 2.45) is 0 Å². The van der Waals surface area contributed by atoms with Gasteiger partial charge in [0.2, 0.25) is 11.4 Å². The van der Waals surface area contributed by atoms with Gasteiger partial charge < -0.3 is 4.74 Å². The van der Waals surface area contributed by atoms with Crippen molar-refractivity contribution in [1.82, 2.24) is 0 Å². The van der Waals surface area contributed by atoms with Gasteiger partial charge in [0, 0.05) is 11.1 Å². The Balaban J connectivity index is 1.96. The summed E-state index contributed by atoms with van der Waals surface area (Å²) >= 11 is 0. The molecule has 0 spiro atoms. The maximum atomic E-state index is 13.3. The Morgan fingerprint density at radius 2 is 1.21 bits per heavy atom. The molecule has 4 rings (SSSR count). The molecule has 1 aliphatic heterocycles. The van der Waals surface area contributed by atoms with E-state index in [1.807, 2.05) is 0 Å². The first-order chi connectivity index (χ1) is 11.6. The Kier molecular flexibility index (Phi) is 3.20. The maximum Gasteiger partial charge on any atom is 0.221 e. The molecule has 0 atom stereocenters. The number of halogens is 2. The van der Waals surface area contributed by atoms with E-state index in [9.17, 15) is 13.6 Å². The van der Waals surface area contributed by atoms with E-state index in [4.69, 9.17) is 4.74 Å². The van der Waals surface area contributed by atoms with Crippen LogP contribution in [-0.4, -0.2) is 5.78 Å². The molecule has 0 amide bonds. The molecule has 1 aliphatic rings. The fraction of sp³-hybridized carbons (Fsp3) is 0.0500. The second-order valence-electron chi connectivity index (χ2n) is 5.62. The molecule has 118 valence electrons. The summed E-state index contributed by atoms with van der Waals surface area (Å²) in [5, 5.41) is 0. The normalized spacial score (nSPS) is 15.0. The van der Waals surface area contributed by atoms with E-state index in [2.05, 4.69) is 0 Å². The Morgan fingerprint density at radius 3 is 1.71 bits per heavy atom. The van der Waals surface area contributed by atoms with E-state index in [1.165, 1.54) is 48.5 Å². The first-order valence-electron chi connectivity index (χ1n) is 7.46. The standard InChI is InChI=1S/C20H12F2O2/c21-15-9-5-13(6-10-15)20(14-7-11-16(22)12-8-14)19(23)17-3-1-2-4-18(17)24-20/h1-12H. The van der Waals surface area contributed by atoms with Gasteiger partial charge in [0.05, 0.1) is 5.56 Å². The predicted molar refractivity (Wildman–Crippen MR) is 85.0 cm³/mol. The average molecular weight is 322 g/mol. The van der Waals surface area contributed by atoms with Gasteiger partial charge in [-0.15, -0.1) is 0 Å². The van der Waals surface area contributed by atoms with E-state index in [1.54, 1.807) is 24.3 Å². The van der Waals surface area contributed by atoms with Gasteiger partial charge in [-0.2, -0.15) is 0 Å². The largest absolute Gasteiger partial charge is 0.469 e. The van der Waals surface area contributed by atoms with Crippen LogP contribution >= 0.6 is 0 Å². The molecular weight excluding hydrogens is 310 g/mol. The molecule has 0 saturated carbocycles. The molecule has 0 radical (unpaired) electrons. The summed E-state index contributed by atoms with van der Waals surface area (Å²) in [5.74, 6) is -0.612. The van der Waals surface area contributed by atoms with Crippen LogP contribution in [0, 0.1) is 11.6 Å². The molecule has 0 N–H and O–H groups in total. The van der Waals surface area contributed by atoms with Crippen molar-refractivity contribution < 1.29 is 18.3 Å². The van der Waals surface area contributed by atoms with Gasteiger partial charge in [-0.25, -0.2) is 8.78 Å². The lowest BCUT2D eigenvalue weighted by atomic mass is 9.81. The van der Waals surface area contributed by atoms with Crippen molar-refractivity contribution in [3.05, 3.63) is 101 Å². The number of hydrogen-bond donors (Lipinski definition) is 0. The highest BCUT2D eigenvalue weighted by Crippen LogP contribution is 2.45. The summed E-state index contributed by atoms with van der Waals surface area (Å²) in [5.41, 5.74) is 0.00464. The second-order valence-corrected chi connectivity index (χ2v) is 5.62. The summed E-state index contributed by atoms with van der Waals surface area (Å²) in [6, 6.07) is 18.1. The van der Waals surface area contributed by atoms with Gasteiger partial charge in [0.25, 0.3) is 0 Å². The molecule has 0 fully saturated rings. The first-order valence-corrected chi connectivity index (χ1v) is 7.46. The summed E-state index contributed by atoms with van der Waals surface area (Å²) in [4.78, 5) is 13.2. The van der Waals surface area contributed by atoms with Crippen molar-refractivity contribution in [1.29, 1.82) is 0 Å². The lowest BCUT2D eigenvalue weighted by Crippen LogP contribution is -2.38. The topological polar surface area (TPSA) is 26.3 Å². The number of ketones is 1. The fourth-order valence-electron chi connectivity index (χ4n) is 3.06. The van der Waals surface area contributed by atoms with Crippen LogP contribution in [0.25, 0.3) is 0 Å². The van der Waals surface area contributed by atoms with E-state index in [-0.39, 0.29) is 5.78 Å². The number of benzene rings is 3. The Hall–Kier alpha value is -3.01. The Labute approximate surface area is 137 Å². The molecule has 0 bridgehead atoms. The van der Waals surface area contributed by atoms with Crippen LogP contribution in [0.2, 0.25) is 0 Å². The van der Waals surface area contributed by atoms with Crippen LogP contribution < -0.4 is 4.74 Å². The second kappa shape index (κ2) is 5.27. The third-order valence-corrected chi connectivity index (χ3v) is 4.22. The summed E-state index contributed by atoms with van der Waals surface area (Å²) < 4.78 is 32.7.